The average molecular weight is 408 g/mol. The lowest BCUT2D eigenvalue weighted by atomic mass is 9.64. The Hall–Kier alpha value is -2.25. The first-order valence-corrected chi connectivity index (χ1v) is 9.39. The van der Waals surface area contributed by atoms with E-state index in [0.29, 0.717) is 23.6 Å². The summed E-state index contributed by atoms with van der Waals surface area (Å²) in [6, 6.07) is 4.74. The monoisotopic (exact) mass is 407 g/mol. The molecule has 150 valence electrons. The van der Waals surface area contributed by atoms with Crippen molar-refractivity contribution >= 4 is 35.0 Å². The maximum absolute atomic E-state index is 13.2. The fourth-order valence-corrected chi connectivity index (χ4v) is 3.84. The van der Waals surface area contributed by atoms with Crippen LogP contribution in [0.4, 0.5) is 0 Å². The summed E-state index contributed by atoms with van der Waals surface area (Å²) in [5.74, 6) is -4.15. The van der Waals surface area contributed by atoms with Crippen molar-refractivity contribution in [2.45, 2.75) is 38.2 Å². The van der Waals surface area contributed by atoms with E-state index < -0.39 is 46.9 Å². The van der Waals surface area contributed by atoms with Crippen molar-refractivity contribution in [2.75, 3.05) is 19.8 Å². The van der Waals surface area contributed by atoms with Crippen LogP contribution in [0.15, 0.2) is 18.2 Å². The molecular weight excluding hydrogens is 386 g/mol. The highest BCUT2D eigenvalue weighted by Crippen LogP contribution is 2.43. The van der Waals surface area contributed by atoms with E-state index in [-0.39, 0.29) is 12.2 Å². The van der Waals surface area contributed by atoms with Crippen LogP contribution in [0, 0.1) is 5.92 Å². The summed E-state index contributed by atoms with van der Waals surface area (Å²) in [4.78, 5) is 50.7. The topological polar surface area (TPSA) is 98.8 Å². The summed E-state index contributed by atoms with van der Waals surface area (Å²) in [6.45, 7) is 5.12. The zero-order valence-corrected chi connectivity index (χ0v) is 16.7. The van der Waals surface area contributed by atoms with Gasteiger partial charge in [0, 0.05) is 17.2 Å². The Morgan fingerprint density at radius 1 is 1.32 bits per heavy atom. The number of hydrogen-bond donors (Lipinski definition) is 1. The number of hydrogen-bond acceptors (Lipinski definition) is 6. The van der Waals surface area contributed by atoms with E-state index in [4.69, 9.17) is 21.1 Å². The molecule has 1 aromatic carbocycles. The van der Waals surface area contributed by atoms with Crippen molar-refractivity contribution in [2.24, 2.45) is 5.92 Å². The molecule has 2 aliphatic rings. The Balaban J connectivity index is 1.87. The largest absolute Gasteiger partial charge is 0.459 e. The lowest BCUT2D eigenvalue weighted by molar-refractivity contribution is -0.155. The molecule has 0 aromatic heterocycles. The standard InChI is InChI=1S/C20H22ClNO6/c1-19(2,3)28-14(23)9-22-18(26)15-16(24)12-8-11(21)4-5-13(12)20(17(15)25)6-7-27-10-20/h4-5,8,15H,6-7,9-10H2,1-3H3,(H,22,26). The van der Waals surface area contributed by atoms with Crippen molar-refractivity contribution < 1.29 is 28.7 Å². The molecule has 1 saturated heterocycles. The Kier molecular flexibility index (Phi) is 5.34. The summed E-state index contributed by atoms with van der Waals surface area (Å²) in [5, 5.41) is 2.69. The zero-order chi connectivity index (χ0) is 20.7. The molecule has 1 spiro atoms. The Bertz CT molecular complexity index is 851. The molecule has 0 radical (unpaired) electrons. The van der Waals surface area contributed by atoms with E-state index in [9.17, 15) is 19.2 Å². The number of halogens is 1. The van der Waals surface area contributed by atoms with Gasteiger partial charge < -0.3 is 14.8 Å². The number of esters is 1. The van der Waals surface area contributed by atoms with Gasteiger partial charge in [0.1, 0.15) is 12.1 Å². The number of carbonyl (C=O) groups excluding carboxylic acids is 4. The van der Waals surface area contributed by atoms with Crippen LogP contribution >= 0.6 is 11.6 Å². The second kappa shape index (κ2) is 7.29. The lowest BCUT2D eigenvalue weighted by Crippen LogP contribution is -2.54. The molecule has 1 amide bonds. The van der Waals surface area contributed by atoms with Crippen LogP contribution in [-0.2, 0) is 29.3 Å². The second-order valence-corrected chi connectivity index (χ2v) is 8.48. The van der Waals surface area contributed by atoms with Crippen LogP contribution in [0.1, 0.15) is 43.1 Å². The molecule has 0 bridgehead atoms. The molecule has 2 atom stereocenters. The summed E-state index contributed by atoms with van der Waals surface area (Å²) in [5.41, 5.74) is -0.975. The fourth-order valence-electron chi connectivity index (χ4n) is 3.67. The maximum Gasteiger partial charge on any atom is 0.325 e. The molecule has 28 heavy (non-hydrogen) atoms. The number of amides is 1. The highest BCUT2D eigenvalue weighted by atomic mass is 35.5. The van der Waals surface area contributed by atoms with Crippen molar-refractivity contribution in [1.29, 1.82) is 0 Å². The van der Waals surface area contributed by atoms with Crippen molar-refractivity contribution in [3.05, 3.63) is 34.3 Å². The first kappa shape index (κ1) is 20.5. The number of fused-ring (bicyclic) bond motifs is 2. The van der Waals surface area contributed by atoms with Gasteiger partial charge in [-0.15, -0.1) is 0 Å². The van der Waals surface area contributed by atoms with Crippen molar-refractivity contribution in [3.8, 4) is 0 Å². The van der Waals surface area contributed by atoms with Crippen LogP contribution in [0.2, 0.25) is 5.02 Å². The third-order valence-corrected chi connectivity index (χ3v) is 5.10. The molecule has 1 aromatic rings. The second-order valence-electron chi connectivity index (χ2n) is 8.04. The number of ketones is 2. The molecule has 3 rings (SSSR count). The third-order valence-electron chi connectivity index (χ3n) is 4.87. The SMILES string of the molecule is CC(C)(C)OC(=O)CNC(=O)C1C(=O)c2cc(Cl)ccc2C2(CCOC2)C1=O. The number of carbonyl (C=O) groups is 4. The summed E-state index contributed by atoms with van der Waals surface area (Å²) in [6.07, 6.45) is 0.379. The van der Waals surface area contributed by atoms with Gasteiger partial charge in [-0.2, -0.15) is 0 Å². The molecule has 1 aliphatic carbocycles. The molecule has 1 aliphatic heterocycles. The van der Waals surface area contributed by atoms with Gasteiger partial charge in [-0.05, 0) is 44.9 Å². The van der Waals surface area contributed by atoms with Crippen molar-refractivity contribution in [3.63, 3.8) is 0 Å². The van der Waals surface area contributed by atoms with Crippen LogP contribution in [-0.4, -0.2) is 48.8 Å². The average Bonchev–Trinajstić information content (AvgIpc) is 3.08. The smallest absolute Gasteiger partial charge is 0.325 e. The number of Topliss-reactive ketones (excluding diaryl/α,β-unsaturated/α-hetero) is 2. The fraction of sp³-hybridized carbons (Fsp3) is 0.500. The van der Waals surface area contributed by atoms with E-state index in [2.05, 4.69) is 5.32 Å². The Labute approximate surface area is 167 Å². The molecule has 8 heteroatoms. The van der Waals surface area contributed by atoms with Gasteiger partial charge in [-0.1, -0.05) is 17.7 Å². The maximum atomic E-state index is 13.2. The summed E-state index contributed by atoms with van der Waals surface area (Å²) >= 11 is 6.03. The van der Waals surface area contributed by atoms with Crippen LogP contribution < -0.4 is 5.32 Å². The minimum Gasteiger partial charge on any atom is -0.459 e. The highest BCUT2D eigenvalue weighted by molar-refractivity contribution is 6.33. The minimum absolute atomic E-state index is 0.101. The predicted octanol–water partition coefficient (Wildman–Crippen LogP) is 1.84. The molecule has 7 nitrogen and oxygen atoms in total. The first-order chi connectivity index (χ1) is 13.0. The molecule has 1 heterocycles. The number of ether oxygens (including phenoxy) is 2. The predicted molar refractivity (Wildman–Crippen MR) is 100 cm³/mol. The lowest BCUT2D eigenvalue weighted by Gasteiger charge is -2.36. The first-order valence-electron chi connectivity index (χ1n) is 9.01. The molecule has 1 fully saturated rings. The van der Waals surface area contributed by atoms with Gasteiger partial charge >= 0.3 is 5.97 Å². The van der Waals surface area contributed by atoms with Gasteiger partial charge in [0.15, 0.2) is 17.5 Å². The third kappa shape index (κ3) is 3.69. The van der Waals surface area contributed by atoms with Crippen LogP contribution in [0.25, 0.3) is 0 Å². The van der Waals surface area contributed by atoms with E-state index in [0.717, 1.165) is 0 Å². The van der Waals surface area contributed by atoms with Gasteiger partial charge in [0.05, 0.1) is 12.0 Å². The van der Waals surface area contributed by atoms with Gasteiger partial charge in [-0.25, -0.2) is 0 Å². The van der Waals surface area contributed by atoms with Gasteiger partial charge in [-0.3, -0.25) is 19.2 Å². The van der Waals surface area contributed by atoms with E-state index in [1.807, 2.05) is 0 Å². The zero-order valence-electron chi connectivity index (χ0n) is 16.0. The Morgan fingerprint density at radius 2 is 2.04 bits per heavy atom. The number of nitrogens with one attached hydrogen (secondary N) is 1. The summed E-state index contributed by atoms with van der Waals surface area (Å²) in [7, 11) is 0. The van der Waals surface area contributed by atoms with Crippen molar-refractivity contribution in [1.82, 2.24) is 5.32 Å². The van der Waals surface area contributed by atoms with E-state index in [1.54, 1.807) is 32.9 Å². The quantitative estimate of drug-likeness (QED) is 0.606. The molecular formula is C20H22ClNO6. The van der Waals surface area contributed by atoms with Crippen LogP contribution in [0.5, 0.6) is 0 Å². The molecule has 1 N–H and O–H groups in total. The van der Waals surface area contributed by atoms with E-state index >= 15 is 0 Å². The normalized spacial score (nSPS) is 24.2. The van der Waals surface area contributed by atoms with Gasteiger partial charge in [0.2, 0.25) is 5.91 Å². The molecule has 2 unspecified atom stereocenters. The minimum atomic E-state index is -1.55. The van der Waals surface area contributed by atoms with Gasteiger partial charge in [0.25, 0.3) is 0 Å². The highest BCUT2D eigenvalue weighted by Gasteiger charge is 2.55. The number of rotatable bonds is 3. The van der Waals surface area contributed by atoms with E-state index in [1.165, 1.54) is 6.07 Å². The Morgan fingerprint density at radius 3 is 2.64 bits per heavy atom. The van der Waals surface area contributed by atoms with Crippen LogP contribution in [0.3, 0.4) is 0 Å². The number of benzene rings is 1. The summed E-state index contributed by atoms with van der Waals surface area (Å²) < 4.78 is 10.6. The molecule has 0 saturated carbocycles.